The zero-order chi connectivity index (χ0) is 16.2. The molecular formula is C18H20N2O3. The van der Waals surface area contributed by atoms with Gasteiger partial charge in [0.05, 0.1) is 0 Å². The third-order valence-electron chi connectivity index (χ3n) is 3.84. The highest BCUT2D eigenvalue weighted by molar-refractivity contribution is 5.80. The Kier molecular flexibility index (Phi) is 4.50. The van der Waals surface area contributed by atoms with Gasteiger partial charge in [-0.3, -0.25) is 5.32 Å². The van der Waals surface area contributed by atoms with Gasteiger partial charge in [0.1, 0.15) is 17.7 Å². The number of rotatable bonds is 6. The molecule has 3 rings (SSSR count). The number of aromatic hydroxyl groups is 2. The van der Waals surface area contributed by atoms with E-state index in [-0.39, 0.29) is 17.9 Å². The fraction of sp³-hybridized carbons (Fsp3) is 0.222. The highest BCUT2D eigenvalue weighted by atomic mass is 16.3. The summed E-state index contributed by atoms with van der Waals surface area (Å²) in [6.07, 6.45) is 0.206. The maximum Gasteiger partial charge on any atom is 0.119 e. The Hall–Kier alpha value is -2.50. The Morgan fingerprint density at radius 1 is 1.04 bits per heavy atom. The molecule has 0 aliphatic rings. The molecule has 5 N–H and O–H groups in total. The minimum Gasteiger partial charge on any atom is -0.508 e. The maximum atomic E-state index is 10.0. The molecule has 23 heavy (non-hydrogen) atoms. The van der Waals surface area contributed by atoms with Crippen LogP contribution in [0.25, 0.3) is 10.9 Å². The zero-order valence-electron chi connectivity index (χ0n) is 12.7. The smallest absolute Gasteiger partial charge is 0.119 e. The van der Waals surface area contributed by atoms with Gasteiger partial charge in [0.25, 0.3) is 0 Å². The van der Waals surface area contributed by atoms with Crippen molar-refractivity contribution in [3.8, 4) is 11.5 Å². The first-order chi connectivity index (χ1) is 11.1. The van der Waals surface area contributed by atoms with E-state index >= 15 is 0 Å². The van der Waals surface area contributed by atoms with Crippen LogP contribution in [0.3, 0.4) is 0 Å². The summed E-state index contributed by atoms with van der Waals surface area (Å²) < 4.78 is 0. The van der Waals surface area contributed by atoms with Crippen LogP contribution in [0, 0.1) is 0 Å². The van der Waals surface area contributed by atoms with Crippen molar-refractivity contribution in [2.45, 2.75) is 19.1 Å². The molecule has 0 saturated heterocycles. The summed E-state index contributed by atoms with van der Waals surface area (Å²) in [7, 11) is 0. The second kappa shape index (κ2) is 6.73. The molecule has 3 aromatic rings. The number of phenolic OH excluding ortho intramolecular Hbond substituents is 2. The Balaban J connectivity index is 1.52. The molecule has 1 heterocycles. The second-order valence-corrected chi connectivity index (χ2v) is 5.62. The first kappa shape index (κ1) is 15.4. The summed E-state index contributed by atoms with van der Waals surface area (Å²) in [4.78, 5) is 3.34. The van der Waals surface area contributed by atoms with E-state index in [9.17, 15) is 15.3 Å². The molecule has 0 bridgehead atoms. The van der Waals surface area contributed by atoms with Crippen LogP contribution < -0.4 is 5.32 Å². The van der Waals surface area contributed by atoms with E-state index in [0.29, 0.717) is 12.1 Å². The number of aromatic amines is 1. The van der Waals surface area contributed by atoms with Crippen LogP contribution in [0.2, 0.25) is 0 Å². The van der Waals surface area contributed by atoms with Crippen molar-refractivity contribution < 1.29 is 15.3 Å². The van der Waals surface area contributed by atoms with E-state index in [1.54, 1.807) is 0 Å². The molecule has 120 valence electrons. The lowest BCUT2D eigenvalue weighted by Gasteiger charge is -2.13. The number of nitrogens with one attached hydrogen (secondary N) is 2. The molecule has 2 aromatic carbocycles. The summed E-state index contributed by atoms with van der Waals surface area (Å²) in [5.41, 5.74) is 2.72. The molecule has 0 saturated carbocycles. The highest BCUT2D eigenvalue weighted by Crippen LogP contribution is 2.23. The van der Waals surface area contributed by atoms with E-state index in [1.807, 2.05) is 18.2 Å². The van der Waals surface area contributed by atoms with Gasteiger partial charge in [-0.15, -0.1) is 0 Å². The monoisotopic (exact) mass is 312 g/mol. The number of H-pyrrole nitrogens is 1. The van der Waals surface area contributed by atoms with Gasteiger partial charge in [0.2, 0.25) is 0 Å². The van der Waals surface area contributed by atoms with Crippen LogP contribution >= 0.6 is 0 Å². The average molecular weight is 312 g/mol. The van der Waals surface area contributed by atoms with Crippen LogP contribution in [-0.2, 0) is 12.8 Å². The van der Waals surface area contributed by atoms with Gasteiger partial charge in [0.15, 0.2) is 0 Å². The van der Waals surface area contributed by atoms with Crippen molar-refractivity contribution in [3.05, 3.63) is 59.8 Å². The van der Waals surface area contributed by atoms with Gasteiger partial charge >= 0.3 is 0 Å². The van der Waals surface area contributed by atoms with Gasteiger partial charge in [-0.1, -0.05) is 18.2 Å². The Labute approximate surface area is 134 Å². The SMILES string of the molecule is Oc1ccc(O)c(CC(O)NCCc2cc3ccccc3[nH]2)c1. The third kappa shape index (κ3) is 3.83. The van der Waals surface area contributed by atoms with Gasteiger partial charge < -0.3 is 20.3 Å². The van der Waals surface area contributed by atoms with Crippen LogP contribution in [0.1, 0.15) is 11.3 Å². The Morgan fingerprint density at radius 3 is 2.70 bits per heavy atom. The van der Waals surface area contributed by atoms with Crippen molar-refractivity contribution in [1.82, 2.24) is 10.3 Å². The van der Waals surface area contributed by atoms with E-state index < -0.39 is 6.23 Å². The lowest BCUT2D eigenvalue weighted by molar-refractivity contribution is 0.137. The molecule has 0 radical (unpaired) electrons. The first-order valence-electron chi connectivity index (χ1n) is 7.61. The summed E-state index contributed by atoms with van der Waals surface area (Å²) in [6.45, 7) is 0.605. The lowest BCUT2D eigenvalue weighted by Crippen LogP contribution is -2.32. The van der Waals surface area contributed by atoms with E-state index in [1.165, 1.54) is 23.6 Å². The predicted octanol–water partition coefficient (Wildman–Crippen LogP) is 2.27. The van der Waals surface area contributed by atoms with E-state index in [0.717, 1.165) is 17.6 Å². The number of para-hydroxylation sites is 1. The summed E-state index contributed by atoms with van der Waals surface area (Å²) in [5, 5.41) is 33.3. The largest absolute Gasteiger partial charge is 0.508 e. The number of aliphatic hydroxyl groups is 1. The third-order valence-corrected chi connectivity index (χ3v) is 3.84. The summed E-state index contributed by atoms with van der Waals surface area (Å²) in [6, 6.07) is 14.5. The van der Waals surface area contributed by atoms with Crippen molar-refractivity contribution in [3.63, 3.8) is 0 Å². The van der Waals surface area contributed by atoms with Crippen LogP contribution in [0.4, 0.5) is 0 Å². The number of hydrogen-bond donors (Lipinski definition) is 5. The van der Waals surface area contributed by atoms with E-state index in [2.05, 4.69) is 22.4 Å². The van der Waals surface area contributed by atoms with Gasteiger partial charge in [-0.2, -0.15) is 0 Å². The summed E-state index contributed by atoms with van der Waals surface area (Å²) in [5.74, 6) is 0.141. The minimum absolute atomic E-state index is 0.0688. The van der Waals surface area contributed by atoms with Crippen LogP contribution in [0.5, 0.6) is 11.5 Å². The minimum atomic E-state index is -0.785. The highest BCUT2D eigenvalue weighted by Gasteiger charge is 2.09. The molecule has 0 spiro atoms. The molecule has 1 atom stereocenters. The molecule has 0 aliphatic heterocycles. The van der Waals surface area contributed by atoms with Gasteiger partial charge in [-0.05, 0) is 35.7 Å². The molecule has 0 aliphatic carbocycles. The molecule has 5 heteroatoms. The lowest BCUT2D eigenvalue weighted by atomic mass is 10.1. The molecule has 1 aromatic heterocycles. The predicted molar refractivity (Wildman–Crippen MR) is 89.5 cm³/mol. The average Bonchev–Trinajstić information content (AvgIpc) is 2.93. The maximum absolute atomic E-state index is 10.0. The van der Waals surface area contributed by atoms with E-state index in [4.69, 9.17) is 0 Å². The molecule has 1 unspecified atom stereocenters. The zero-order valence-corrected chi connectivity index (χ0v) is 12.7. The van der Waals surface area contributed by atoms with Crippen molar-refractivity contribution in [2.75, 3.05) is 6.54 Å². The quantitative estimate of drug-likeness (QED) is 0.357. The van der Waals surface area contributed by atoms with Gasteiger partial charge in [-0.25, -0.2) is 0 Å². The number of aliphatic hydroxyl groups excluding tert-OH is 1. The fourth-order valence-electron chi connectivity index (χ4n) is 2.66. The number of fused-ring (bicyclic) bond motifs is 1. The Morgan fingerprint density at radius 2 is 1.87 bits per heavy atom. The molecule has 0 amide bonds. The van der Waals surface area contributed by atoms with Gasteiger partial charge in [0, 0.05) is 36.2 Å². The molecular weight excluding hydrogens is 292 g/mol. The number of hydrogen-bond acceptors (Lipinski definition) is 4. The van der Waals surface area contributed by atoms with Crippen LogP contribution in [-0.4, -0.2) is 33.1 Å². The Bertz CT molecular complexity index is 765. The van der Waals surface area contributed by atoms with Crippen LogP contribution in [0.15, 0.2) is 48.5 Å². The number of aromatic nitrogens is 1. The normalized spacial score (nSPS) is 12.6. The second-order valence-electron chi connectivity index (χ2n) is 5.62. The standard InChI is InChI=1S/C18H20N2O3/c21-15-5-6-17(22)13(10-15)11-18(23)19-8-7-14-9-12-3-1-2-4-16(12)20-14/h1-6,9-10,18-23H,7-8,11H2. The number of phenols is 2. The van der Waals surface area contributed by atoms with Crippen molar-refractivity contribution in [2.24, 2.45) is 0 Å². The van der Waals surface area contributed by atoms with Crippen molar-refractivity contribution >= 4 is 10.9 Å². The first-order valence-corrected chi connectivity index (χ1v) is 7.61. The summed E-state index contributed by atoms with van der Waals surface area (Å²) >= 11 is 0. The topological polar surface area (TPSA) is 88.5 Å². The molecule has 0 fully saturated rings. The van der Waals surface area contributed by atoms with Crippen molar-refractivity contribution in [1.29, 1.82) is 0 Å². The molecule has 5 nitrogen and oxygen atoms in total. The fourth-order valence-corrected chi connectivity index (χ4v) is 2.66. The number of benzene rings is 2.